The van der Waals surface area contributed by atoms with Crippen molar-refractivity contribution in [3.63, 3.8) is 0 Å². The van der Waals surface area contributed by atoms with Crippen LogP contribution in [0.25, 0.3) is 16.8 Å². The Hall–Kier alpha value is -3.18. The van der Waals surface area contributed by atoms with E-state index >= 15 is 0 Å². The monoisotopic (exact) mass is 399 g/mol. The summed E-state index contributed by atoms with van der Waals surface area (Å²) in [5, 5.41) is 3.20. The highest BCUT2D eigenvalue weighted by molar-refractivity contribution is 5.94. The molecule has 1 atom stereocenters. The van der Waals surface area contributed by atoms with Gasteiger partial charge in [0, 0.05) is 30.5 Å². The van der Waals surface area contributed by atoms with E-state index < -0.39 is 0 Å². The number of carbonyl (C=O) groups is 1. The zero-order valence-electron chi connectivity index (χ0n) is 16.8. The van der Waals surface area contributed by atoms with Crippen LogP contribution in [0.4, 0.5) is 0 Å². The molecule has 1 unspecified atom stereocenters. The van der Waals surface area contributed by atoms with Crippen molar-refractivity contribution >= 4 is 5.91 Å². The van der Waals surface area contributed by atoms with Gasteiger partial charge in [0.2, 0.25) is 0 Å². The van der Waals surface area contributed by atoms with Crippen LogP contribution in [-0.2, 0) is 0 Å². The summed E-state index contributed by atoms with van der Waals surface area (Å²) in [5.41, 5.74) is 3.32. The molecular formula is C25H25N3O2. The Labute approximate surface area is 176 Å². The van der Waals surface area contributed by atoms with E-state index in [-0.39, 0.29) is 17.5 Å². The van der Waals surface area contributed by atoms with Gasteiger partial charge in [-0.05, 0) is 61.2 Å². The number of hydrogen-bond donors (Lipinski definition) is 1. The molecule has 3 aliphatic rings. The highest BCUT2D eigenvalue weighted by Crippen LogP contribution is 2.27. The van der Waals surface area contributed by atoms with Crippen molar-refractivity contribution in [3.8, 4) is 16.8 Å². The van der Waals surface area contributed by atoms with Crippen molar-refractivity contribution in [1.82, 2.24) is 14.8 Å². The van der Waals surface area contributed by atoms with Gasteiger partial charge in [0.25, 0.3) is 11.5 Å². The zero-order valence-corrected chi connectivity index (χ0v) is 16.8. The van der Waals surface area contributed by atoms with Gasteiger partial charge < -0.3 is 10.2 Å². The molecule has 3 aromatic rings. The number of carbonyl (C=O) groups excluding carboxylic acids is 1. The first-order valence-corrected chi connectivity index (χ1v) is 10.6. The number of benzene rings is 2. The summed E-state index contributed by atoms with van der Waals surface area (Å²) in [6.07, 6.45) is 3.95. The average molecular weight is 399 g/mol. The second-order valence-corrected chi connectivity index (χ2v) is 8.26. The minimum atomic E-state index is -0.151. The zero-order chi connectivity index (χ0) is 20.5. The molecule has 2 aromatic carbocycles. The molecule has 0 radical (unpaired) electrons. The number of amides is 1. The molecule has 1 amide bonds. The minimum absolute atomic E-state index is 0.108. The standard InChI is InChI=1S/C25H25N3O2/c29-24-11-8-21(25(30)26-23-17-27-14-12-20(23)13-15-27)16-28(24)22-9-6-19(7-10-22)18-4-2-1-3-5-18/h1-11,16,20,23H,12-15,17H2,(H,26,30). The number of fused-ring (bicyclic) bond motifs is 3. The highest BCUT2D eigenvalue weighted by atomic mass is 16.2. The first-order valence-electron chi connectivity index (χ1n) is 10.6. The fourth-order valence-corrected chi connectivity index (χ4v) is 4.65. The summed E-state index contributed by atoms with van der Waals surface area (Å²) in [7, 11) is 0. The number of rotatable bonds is 4. The van der Waals surface area contributed by atoms with Crippen molar-refractivity contribution in [2.24, 2.45) is 5.92 Å². The summed E-state index contributed by atoms with van der Waals surface area (Å²) < 4.78 is 1.54. The summed E-state index contributed by atoms with van der Waals surface area (Å²) in [6.45, 7) is 3.21. The van der Waals surface area contributed by atoms with Gasteiger partial charge in [-0.3, -0.25) is 14.2 Å². The smallest absolute Gasteiger partial charge is 0.255 e. The average Bonchev–Trinajstić information content (AvgIpc) is 2.81. The molecular weight excluding hydrogens is 374 g/mol. The molecule has 4 heterocycles. The molecule has 30 heavy (non-hydrogen) atoms. The summed E-state index contributed by atoms with van der Waals surface area (Å²) >= 11 is 0. The van der Waals surface area contributed by atoms with Gasteiger partial charge >= 0.3 is 0 Å². The summed E-state index contributed by atoms with van der Waals surface area (Å²) in [5.74, 6) is 0.457. The number of nitrogens with one attached hydrogen (secondary N) is 1. The Morgan fingerprint density at radius 3 is 2.23 bits per heavy atom. The van der Waals surface area contributed by atoms with Gasteiger partial charge in [0.15, 0.2) is 0 Å². The van der Waals surface area contributed by atoms with Gasteiger partial charge in [0.05, 0.1) is 5.56 Å². The lowest BCUT2D eigenvalue weighted by Gasteiger charge is -2.44. The SMILES string of the molecule is O=C(NC1CN2CCC1CC2)c1ccc(=O)n(-c2ccc(-c3ccccc3)cc2)c1. The number of pyridine rings is 1. The highest BCUT2D eigenvalue weighted by Gasteiger charge is 2.35. The van der Waals surface area contributed by atoms with Gasteiger partial charge in [-0.25, -0.2) is 0 Å². The molecule has 1 aromatic heterocycles. The normalized spacial score (nSPS) is 22.6. The van der Waals surface area contributed by atoms with Crippen LogP contribution in [0, 0.1) is 5.92 Å². The predicted molar refractivity (Wildman–Crippen MR) is 118 cm³/mol. The van der Waals surface area contributed by atoms with Crippen molar-refractivity contribution in [2.75, 3.05) is 19.6 Å². The molecule has 3 fully saturated rings. The van der Waals surface area contributed by atoms with E-state index in [1.807, 2.05) is 42.5 Å². The van der Waals surface area contributed by atoms with E-state index in [0.29, 0.717) is 11.5 Å². The lowest BCUT2D eigenvalue weighted by atomic mass is 9.84. The van der Waals surface area contributed by atoms with Crippen LogP contribution in [0.1, 0.15) is 23.2 Å². The largest absolute Gasteiger partial charge is 0.348 e. The van der Waals surface area contributed by atoms with Crippen molar-refractivity contribution in [1.29, 1.82) is 0 Å². The van der Waals surface area contributed by atoms with Gasteiger partial charge in [0.1, 0.15) is 0 Å². The van der Waals surface area contributed by atoms with Crippen LogP contribution in [0.5, 0.6) is 0 Å². The number of aromatic nitrogens is 1. The van der Waals surface area contributed by atoms with Crippen LogP contribution in [0.15, 0.2) is 77.7 Å². The van der Waals surface area contributed by atoms with Crippen LogP contribution < -0.4 is 10.9 Å². The van der Waals surface area contributed by atoms with E-state index in [4.69, 9.17) is 0 Å². The first-order chi connectivity index (χ1) is 14.7. The van der Waals surface area contributed by atoms with Crippen LogP contribution in [0.2, 0.25) is 0 Å². The van der Waals surface area contributed by atoms with Gasteiger partial charge in [-0.1, -0.05) is 42.5 Å². The molecule has 0 saturated carbocycles. The Morgan fingerprint density at radius 1 is 0.867 bits per heavy atom. The van der Waals surface area contributed by atoms with Crippen LogP contribution >= 0.6 is 0 Å². The number of piperidine rings is 3. The maximum atomic E-state index is 12.9. The van der Waals surface area contributed by atoms with Gasteiger partial charge in [-0.2, -0.15) is 0 Å². The molecule has 2 bridgehead atoms. The van der Waals surface area contributed by atoms with Crippen molar-refractivity contribution < 1.29 is 4.79 Å². The summed E-state index contributed by atoms with van der Waals surface area (Å²) in [6, 6.07) is 21.2. The van der Waals surface area contributed by atoms with E-state index in [2.05, 4.69) is 22.3 Å². The predicted octanol–water partition coefficient (Wildman–Crippen LogP) is 3.33. The Kier molecular flexibility index (Phi) is 4.97. The third-order valence-electron chi connectivity index (χ3n) is 6.40. The molecule has 5 nitrogen and oxygen atoms in total. The molecule has 3 saturated heterocycles. The fraction of sp³-hybridized carbons (Fsp3) is 0.280. The molecule has 152 valence electrons. The lowest BCUT2D eigenvalue weighted by Crippen LogP contribution is -2.57. The Bertz CT molecular complexity index is 1100. The third-order valence-corrected chi connectivity index (χ3v) is 6.40. The minimum Gasteiger partial charge on any atom is -0.348 e. The molecule has 6 rings (SSSR count). The number of hydrogen-bond acceptors (Lipinski definition) is 3. The van der Waals surface area contributed by atoms with Crippen LogP contribution in [0.3, 0.4) is 0 Å². The first kappa shape index (κ1) is 18.8. The van der Waals surface area contributed by atoms with E-state index in [0.717, 1.165) is 49.3 Å². The second-order valence-electron chi connectivity index (χ2n) is 8.26. The van der Waals surface area contributed by atoms with E-state index in [1.165, 1.54) is 6.07 Å². The number of nitrogens with zero attached hydrogens (tertiary/aromatic N) is 2. The van der Waals surface area contributed by atoms with E-state index in [9.17, 15) is 9.59 Å². The maximum absolute atomic E-state index is 12.9. The molecule has 5 heteroatoms. The second kappa shape index (κ2) is 7.92. The fourth-order valence-electron chi connectivity index (χ4n) is 4.65. The molecule has 0 aliphatic carbocycles. The van der Waals surface area contributed by atoms with E-state index in [1.54, 1.807) is 16.8 Å². The topological polar surface area (TPSA) is 54.3 Å². The van der Waals surface area contributed by atoms with Gasteiger partial charge in [-0.15, -0.1) is 0 Å². The Balaban J connectivity index is 1.37. The molecule has 0 spiro atoms. The lowest BCUT2D eigenvalue weighted by molar-refractivity contribution is 0.0620. The third kappa shape index (κ3) is 3.68. The van der Waals surface area contributed by atoms with Crippen LogP contribution in [-0.4, -0.2) is 41.1 Å². The summed E-state index contributed by atoms with van der Waals surface area (Å²) in [4.78, 5) is 27.8. The quantitative estimate of drug-likeness (QED) is 0.732. The molecule has 1 N–H and O–H groups in total. The van der Waals surface area contributed by atoms with Crippen molar-refractivity contribution in [3.05, 3.63) is 88.8 Å². The molecule has 3 aliphatic heterocycles. The maximum Gasteiger partial charge on any atom is 0.255 e. The Morgan fingerprint density at radius 2 is 1.57 bits per heavy atom. The van der Waals surface area contributed by atoms with Crippen molar-refractivity contribution in [2.45, 2.75) is 18.9 Å².